The zero-order valence-electron chi connectivity index (χ0n) is 10.6. The highest BCUT2D eigenvalue weighted by Crippen LogP contribution is 2.31. The number of hydrogen-bond donors (Lipinski definition) is 0. The molecule has 2 heterocycles. The van der Waals surface area contributed by atoms with E-state index in [1.54, 1.807) is 0 Å². The molecule has 1 aliphatic heterocycles. The van der Waals surface area contributed by atoms with Gasteiger partial charge in [0.15, 0.2) is 0 Å². The molecular formula is C14H16Cl2N2S. The fourth-order valence-electron chi connectivity index (χ4n) is 2.65. The van der Waals surface area contributed by atoms with Crippen LogP contribution in [0.25, 0.3) is 11.0 Å². The molecule has 2 aromatic rings. The molecule has 1 aliphatic rings. The topological polar surface area (TPSA) is 17.8 Å². The number of thioether (sulfide) groups is 1. The van der Waals surface area contributed by atoms with E-state index in [1.165, 1.54) is 18.6 Å². The van der Waals surface area contributed by atoms with Gasteiger partial charge in [0.2, 0.25) is 0 Å². The highest BCUT2D eigenvalue weighted by atomic mass is 35.5. The van der Waals surface area contributed by atoms with E-state index in [9.17, 15) is 0 Å². The Hall–Kier alpha value is -0.380. The Morgan fingerprint density at radius 3 is 3.05 bits per heavy atom. The molecule has 1 aromatic heterocycles. The molecule has 0 spiro atoms. The molecule has 3 rings (SSSR count). The maximum absolute atomic E-state index is 6.36. The molecule has 5 heteroatoms. The Morgan fingerprint density at radius 2 is 2.32 bits per heavy atom. The van der Waals surface area contributed by atoms with Gasteiger partial charge in [0, 0.05) is 24.1 Å². The second-order valence-electron chi connectivity index (χ2n) is 4.82. The van der Waals surface area contributed by atoms with Crippen LogP contribution in [0.15, 0.2) is 18.2 Å². The molecule has 0 saturated carbocycles. The van der Waals surface area contributed by atoms with Gasteiger partial charge < -0.3 is 4.57 Å². The summed E-state index contributed by atoms with van der Waals surface area (Å²) in [5, 5.41) is 1.47. The Bertz CT molecular complexity index is 576. The first kappa shape index (κ1) is 13.6. The summed E-state index contributed by atoms with van der Waals surface area (Å²) in [5.74, 6) is 2.93. The second kappa shape index (κ2) is 5.94. The Kier molecular flexibility index (Phi) is 4.25. The SMILES string of the molecule is ClCCc1nc2cccc(Cl)c2n1CC1CCCS1. The third-order valence-corrected chi connectivity index (χ3v) is 5.40. The Labute approximate surface area is 127 Å². The Morgan fingerprint density at radius 1 is 1.42 bits per heavy atom. The van der Waals surface area contributed by atoms with E-state index in [2.05, 4.69) is 16.3 Å². The van der Waals surface area contributed by atoms with Gasteiger partial charge >= 0.3 is 0 Å². The molecule has 0 amide bonds. The number of para-hydroxylation sites is 1. The van der Waals surface area contributed by atoms with Crippen LogP contribution in [0.3, 0.4) is 0 Å². The number of halogens is 2. The van der Waals surface area contributed by atoms with Crippen LogP contribution in [0, 0.1) is 0 Å². The smallest absolute Gasteiger partial charge is 0.111 e. The van der Waals surface area contributed by atoms with Crippen LogP contribution in [0.4, 0.5) is 0 Å². The lowest BCUT2D eigenvalue weighted by molar-refractivity contribution is 0.627. The van der Waals surface area contributed by atoms with E-state index in [4.69, 9.17) is 28.2 Å². The van der Waals surface area contributed by atoms with Gasteiger partial charge in [-0.1, -0.05) is 17.7 Å². The molecule has 0 aliphatic carbocycles. The first-order valence-corrected chi connectivity index (χ1v) is 8.57. The van der Waals surface area contributed by atoms with Crippen molar-refractivity contribution in [1.29, 1.82) is 0 Å². The number of imidazole rings is 1. The van der Waals surface area contributed by atoms with E-state index in [-0.39, 0.29) is 0 Å². The molecule has 2 nitrogen and oxygen atoms in total. The van der Waals surface area contributed by atoms with Gasteiger partial charge in [-0.3, -0.25) is 0 Å². The Balaban J connectivity index is 2.04. The van der Waals surface area contributed by atoms with Crippen LogP contribution in [0.5, 0.6) is 0 Å². The summed E-state index contributed by atoms with van der Waals surface area (Å²) in [5.41, 5.74) is 2.05. The maximum Gasteiger partial charge on any atom is 0.111 e. The van der Waals surface area contributed by atoms with Crippen molar-refractivity contribution in [2.45, 2.75) is 31.1 Å². The number of aryl methyl sites for hydroxylation is 1. The number of alkyl halides is 1. The molecule has 1 fully saturated rings. The quantitative estimate of drug-likeness (QED) is 0.780. The lowest BCUT2D eigenvalue weighted by atomic mass is 10.2. The van der Waals surface area contributed by atoms with E-state index < -0.39 is 0 Å². The van der Waals surface area contributed by atoms with Gasteiger partial charge in [-0.05, 0) is 30.7 Å². The minimum absolute atomic E-state index is 0.596. The summed E-state index contributed by atoms with van der Waals surface area (Å²) < 4.78 is 2.28. The van der Waals surface area contributed by atoms with E-state index in [0.29, 0.717) is 11.1 Å². The molecule has 19 heavy (non-hydrogen) atoms. The molecule has 102 valence electrons. The fourth-order valence-corrected chi connectivity index (χ4v) is 4.35. The molecule has 1 aromatic carbocycles. The van der Waals surface area contributed by atoms with Gasteiger partial charge in [-0.2, -0.15) is 11.8 Å². The monoisotopic (exact) mass is 314 g/mol. The largest absolute Gasteiger partial charge is 0.326 e. The van der Waals surface area contributed by atoms with E-state index >= 15 is 0 Å². The van der Waals surface area contributed by atoms with Gasteiger partial charge in [-0.25, -0.2) is 4.98 Å². The van der Waals surface area contributed by atoms with Crippen LogP contribution < -0.4 is 0 Å². The third-order valence-electron chi connectivity index (χ3n) is 3.52. The third kappa shape index (κ3) is 2.74. The van der Waals surface area contributed by atoms with Crippen molar-refractivity contribution < 1.29 is 0 Å². The predicted molar refractivity (Wildman–Crippen MR) is 84.6 cm³/mol. The molecule has 1 unspecified atom stereocenters. The fraction of sp³-hybridized carbons (Fsp3) is 0.500. The highest BCUT2D eigenvalue weighted by Gasteiger charge is 2.20. The first-order chi connectivity index (χ1) is 9.29. The summed E-state index contributed by atoms with van der Waals surface area (Å²) in [6.45, 7) is 0.997. The van der Waals surface area contributed by atoms with Crippen molar-refractivity contribution in [2.75, 3.05) is 11.6 Å². The molecule has 0 N–H and O–H groups in total. The average molecular weight is 315 g/mol. The second-order valence-corrected chi connectivity index (χ2v) is 7.01. The number of rotatable bonds is 4. The molecular weight excluding hydrogens is 299 g/mol. The highest BCUT2D eigenvalue weighted by molar-refractivity contribution is 8.00. The summed E-state index contributed by atoms with van der Waals surface area (Å²) in [7, 11) is 0. The first-order valence-electron chi connectivity index (χ1n) is 6.61. The van der Waals surface area contributed by atoms with Crippen molar-refractivity contribution in [1.82, 2.24) is 9.55 Å². The van der Waals surface area contributed by atoms with Crippen LogP contribution in [-0.2, 0) is 13.0 Å². The van der Waals surface area contributed by atoms with Crippen LogP contribution in [0.2, 0.25) is 5.02 Å². The van der Waals surface area contributed by atoms with E-state index in [0.717, 1.165) is 34.8 Å². The lowest BCUT2D eigenvalue weighted by Crippen LogP contribution is -2.13. The predicted octanol–water partition coefficient (Wildman–Crippen LogP) is 4.37. The van der Waals surface area contributed by atoms with E-state index in [1.807, 2.05) is 18.2 Å². The summed E-state index contributed by atoms with van der Waals surface area (Å²) in [6, 6.07) is 5.92. The number of fused-ring (bicyclic) bond motifs is 1. The van der Waals surface area contributed by atoms with Gasteiger partial charge in [0.25, 0.3) is 0 Å². The van der Waals surface area contributed by atoms with Gasteiger partial charge in [0.1, 0.15) is 5.82 Å². The van der Waals surface area contributed by atoms with Crippen LogP contribution in [0.1, 0.15) is 18.7 Å². The number of nitrogens with zero attached hydrogens (tertiary/aromatic N) is 2. The average Bonchev–Trinajstić information content (AvgIpc) is 3.00. The van der Waals surface area contributed by atoms with Crippen LogP contribution >= 0.6 is 35.0 Å². The number of benzene rings is 1. The minimum atomic E-state index is 0.596. The zero-order chi connectivity index (χ0) is 13.2. The summed E-state index contributed by atoms with van der Waals surface area (Å²) >= 11 is 14.3. The summed E-state index contributed by atoms with van der Waals surface area (Å²) in [6.07, 6.45) is 3.40. The minimum Gasteiger partial charge on any atom is -0.326 e. The maximum atomic E-state index is 6.36. The number of aromatic nitrogens is 2. The molecule has 1 saturated heterocycles. The van der Waals surface area contributed by atoms with Crippen molar-refractivity contribution in [3.63, 3.8) is 0 Å². The molecule has 0 bridgehead atoms. The lowest BCUT2D eigenvalue weighted by Gasteiger charge is -2.14. The van der Waals surface area contributed by atoms with Crippen molar-refractivity contribution in [3.8, 4) is 0 Å². The van der Waals surface area contributed by atoms with Crippen molar-refractivity contribution in [3.05, 3.63) is 29.0 Å². The van der Waals surface area contributed by atoms with Crippen molar-refractivity contribution >= 4 is 46.0 Å². The van der Waals surface area contributed by atoms with Crippen molar-refractivity contribution in [2.24, 2.45) is 0 Å². The van der Waals surface area contributed by atoms with Gasteiger partial charge in [0.05, 0.1) is 16.1 Å². The van der Waals surface area contributed by atoms with Crippen LogP contribution in [-0.4, -0.2) is 26.4 Å². The summed E-state index contributed by atoms with van der Waals surface area (Å²) in [4.78, 5) is 4.69. The normalized spacial score (nSPS) is 19.4. The number of hydrogen-bond acceptors (Lipinski definition) is 2. The zero-order valence-corrected chi connectivity index (χ0v) is 12.9. The molecule has 0 radical (unpaired) electrons. The molecule has 1 atom stereocenters. The van der Waals surface area contributed by atoms with Gasteiger partial charge in [-0.15, -0.1) is 11.6 Å². The standard InChI is InChI=1S/C14H16Cl2N2S/c15-7-6-13-17-12-5-1-4-11(16)14(12)18(13)9-10-3-2-8-19-10/h1,4-5,10H,2-3,6-9H2.